The zero-order valence-corrected chi connectivity index (χ0v) is 13.2. The van der Waals surface area contributed by atoms with Crippen LogP contribution in [0.1, 0.15) is 24.2 Å². The van der Waals surface area contributed by atoms with Gasteiger partial charge in [0.05, 0.1) is 6.54 Å². The molecule has 3 nitrogen and oxygen atoms in total. The minimum atomic E-state index is 0.259. The Labute approximate surface area is 128 Å². The summed E-state index contributed by atoms with van der Waals surface area (Å²) in [4.78, 5) is 0. The number of nitrogens with one attached hydrogen (secondary N) is 1. The molecule has 2 aromatic rings. The van der Waals surface area contributed by atoms with Crippen molar-refractivity contribution in [3.05, 3.63) is 46.1 Å². The Hall–Kier alpha value is -1.10. The summed E-state index contributed by atoms with van der Waals surface area (Å²) in [7, 11) is 0. The molecule has 0 fully saturated rings. The van der Waals surface area contributed by atoms with Crippen LogP contribution in [-0.4, -0.2) is 18.3 Å². The maximum absolute atomic E-state index is 8.71. The van der Waals surface area contributed by atoms with Crippen LogP contribution in [0.4, 0.5) is 0 Å². The second kappa shape index (κ2) is 7.62. The third-order valence-electron chi connectivity index (χ3n) is 3.18. The first-order chi connectivity index (χ1) is 9.70. The van der Waals surface area contributed by atoms with Gasteiger partial charge in [0.2, 0.25) is 0 Å². The van der Waals surface area contributed by atoms with E-state index in [0.29, 0.717) is 0 Å². The average molecular weight is 338 g/mol. The fourth-order valence-corrected chi connectivity index (χ4v) is 2.57. The van der Waals surface area contributed by atoms with Crippen LogP contribution in [0.5, 0.6) is 0 Å². The average Bonchev–Trinajstić information content (AvgIpc) is 2.87. The van der Waals surface area contributed by atoms with E-state index < -0.39 is 0 Å². The summed E-state index contributed by atoms with van der Waals surface area (Å²) in [6.07, 6.45) is 1.82. The molecule has 0 saturated heterocycles. The normalized spacial score (nSPS) is 10.9. The molecule has 20 heavy (non-hydrogen) atoms. The molecule has 4 heteroatoms. The van der Waals surface area contributed by atoms with Crippen LogP contribution in [0.25, 0.3) is 11.3 Å². The first-order valence-corrected chi connectivity index (χ1v) is 7.67. The predicted octanol–water partition coefficient (Wildman–Crippen LogP) is 3.88. The number of aliphatic hydroxyl groups is 1. The maximum atomic E-state index is 8.71. The van der Waals surface area contributed by atoms with E-state index in [9.17, 15) is 0 Å². The van der Waals surface area contributed by atoms with Gasteiger partial charge in [-0.05, 0) is 62.2 Å². The molecule has 1 aromatic carbocycles. The molecule has 0 spiro atoms. The van der Waals surface area contributed by atoms with Crippen molar-refractivity contribution in [3.63, 3.8) is 0 Å². The van der Waals surface area contributed by atoms with Crippen molar-refractivity contribution in [3.8, 4) is 11.3 Å². The van der Waals surface area contributed by atoms with Gasteiger partial charge in [0.1, 0.15) is 11.5 Å². The molecular weight excluding hydrogens is 318 g/mol. The van der Waals surface area contributed by atoms with Crippen molar-refractivity contribution in [2.75, 3.05) is 13.2 Å². The molecule has 0 aliphatic rings. The van der Waals surface area contributed by atoms with E-state index in [4.69, 9.17) is 9.52 Å². The highest BCUT2D eigenvalue weighted by atomic mass is 79.9. The minimum Gasteiger partial charge on any atom is -0.460 e. The maximum Gasteiger partial charge on any atom is 0.134 e. The van der Waals surface area contributed by atoms with Crippen molar-refractivity contribution >= 4 is 15.9 Å². The molecule has 0 unspecified atom stereocenters. The second-order valence-corrected chi connectivity index (χ2v) is 5.75. The topological polar surface area (TPSA) is 45.4 Å². The molecule has 1 heterocycles. The number of aryl methyl sites for hydroxylation is 1. The van der Waals surface area contributed by atoms with Gasteiger partial charge in [-0.15, -0.1) is 0 Å². The zero-order chi connectivity index (χ0) is 14.4. The predicted molar refractivity (Wildman–Crippen MR) is 84.6 cm³/mol. The van der Waals surface area contributed by atoms with E-state index in [-0.39, 0.29) is 6.61 Å². The highest BCUT2D eigenvalue weighted by Crippen LogP contribution is 2.27. The zero-order valence-electron chi connectivity index (χ0n) is 11.7. The number of aliphatic hydroxyl groups excluding tert-OH is 1. The van der Waals surface area contributed by atoms with Crippen LogP contribution < -0.4 is 5.32 Å². The molecule has 2 N–H and O–H groups in total. The fourth-order valence-electron chi connectivity index (χ4n) is 2.09. The van der Waals surface area contributed by atoms with Gasteiger partial charge in [-0.2, -0.15) is 0 Å². The molecule has 0 atom stereocenters. The van der Waals surface area contributed by atoms with Crippen LogP contribution in [-0.2, 0) is 6.54 Å². The quantitative estimate of drug-likeness (QED) is 0.753. The summed E-state index contributed by atoms with van der Waals surface area (Å²) in [5, 5.41) is 12.0. The third kappa shape index (κ3) is 4.20. The molecule has 0 radical (unpaired) electrons. The largest absolute Gasteiger partial charge is 0.460 e. The summed E-state index contributed by atoms with van der Waals surface area (Å²) in [6, 6.07) is 10.2. The lowest BCUT2D eigenvalue weighted by molar-refractivity contribution is 0.283. The summed E-state index contributed by atoms with van der Waals surface area (Å²) < 4.78 is 6.95. The van der Waals surface area contributed by atoms with E-state index in [1.54, 1.807) is 0 Å². The lowest BCUT2D eigenvalue weighted by Gasteiger charge is -2.04. The molecule has 2 rings (SSSR count). The van der Waals surface area contributed by atoms with Crippen LogP contribution in [0.3, 0.4) is 0 Å². The van der Waals surface area contributed by atoms with Gasteiger partial charge in [-0.1, -0.05) is 15.9 Å². The number of benzene rings is 1. The van der Waals surface area contributed by atoms with Crippen molar-refractivity contribution in [2.45, 2.75) is 26.3 Å². The standard InChI is InChI=1S/C16H20BrNO2/c1-12-10-13(17)4-6-15(12)16-7-5-14(20-16)11-18-8-2-3-9-19/h4-7,10,18-19H,2-3,8-9,11H2,1H3. The van der Waals surface area contributed by atoms with Gasteiger partial charge >= 0.3 is 0 Å². The third-order valence-corrected chi connectivity index (χ3v) is 3.67. The Morgan fingerprint density at radius 1 is 1.20 bits per heavy atom. The molecule has 108 valence electrons. The summed E-state index contributed by atoms with van der Waals surface area (Å²) >= 11 is 3.47. The lowest BCUT2D eigenvalue weighted by atomic mass is 10.1. The molecular formula is C16H20BrNO2. The summed E-state index contributed by atoms with van der Waals surface area (Å²) in [5.74, 6) is 1.84. The monoisotopic (exact) mass is 337 g/mol. The second-order valence-electron chi connectivity index (χ2n) is 4.83. The fraction of sp³-hybridized carbons (Fsp3) is 0.375. The van der Waals surface area contributed by atoms with E-state index >= 15 is 0 Å². The highest BCUT2D eigenvalue weighted by Gasteiger charge is 2.07. The van der Waals surface area contributed by atoms with Crippen molar-refractivity contribution in [1.29, 1.82) is 0 Å². The molecule has 0 aliphatic carbocycles. The van der Waals surface area contributed by atoms with Gasteiger partial charge in [0.25, 0.3) is 0 Å². The van der Waals surface area contributed by atoms with Crippen molar-refractivity contribution < 1.29 is 9.52 Å². The van der Waals surface area contributed by atoms with Gasteiger partial charge < -0.3 is 14.8 Å². The number of hydrogen-bond donors (Lipinski definition) is 2. The van der Waals surface area contributed by atoms with Crippen molar-refractivity contribution in [2.24, 2.45) is 0 Å². The van der Waals surface area contributed by atoms with E-state index in [2.05, 4.69) is 40.3 Å². The smallest absolute Gasteiger partial charge is 0.134 e. The summed E-state index contributed by atoms with van der Waals surface area (Å²) in [5.41, 5.74) is 2.32. The molecule has 1 aromatic heterocycles. The van der Waals surface area contributed by atoms with Gasteiger partial charge in [-0.3, -0.25) is 0 Å². The first kappa shape index (κ1) is 15.3. The molecule has 0 amide bonds. The van der Waals surface area contributed by atoms with Crippen LogP contribution >= 0.6 is 15.9 Å². The van der Waals surface area contributed by atoms with E-state index in [1.807, 2.05) is 18.2 Å². The number of rotatable bonds is 7. The number of unbranched alkanes of at least 4 members (excludes halogenated alkanes) is 1. The molecule has 0 aliphatic heterocycles. The van der Waals surface area contributed by atoms with Crippen LogP contribution in [0.2, 0.25) is 0 Å². The molecule has 0 bridgehead atoms. The number of hydrogen-bond acceptors (Lipinski definition) is 3. The first-order valence-electron chi connectivity index (χ1n) is 6.87. The van der Waals surface area contributed by atoms with E-state index in [1.165, 1.54) is 5.56 Å². The van der Waals surface area contributed by atoms with Crippen molar-refractivity contribution in [1.82, 2.24) is 5.32 Å². The highest BCUT2D eigenvalue weighted by molar-refractivity contribution is 9.10. The lowest BCUT2D eigenvalue weighted by Crippen LogP contribution is -2.14. The van der Waals surface area contributed by atoms with Crippen LogP contribution in [0, 0.1) is 6.92 Å². The Kier molecular flexibility index (Phi) is 5.83. The van der Waals surface area contributed by atoms with Gasteiger partial charge in [0, 0.05) is 16.6 Å². The Morgan fingerprint density at radius 3 is 2.80 bits per heavy atom. The van der Waals surface area contributed by atoms with Crippen LogP contribution in [0.15, 0.2) is 39.2 Å². The Balaban J connectivity index is 1.95. The number of halogens is 1. The number of furan rings is 1. The van der Waals surface area contributed by atoms with Gasteiger partial charge in [0.15, 0.2) is 0 Å². The summed E-state index contributed by atoms with van der Waals surface area (Å²) in [6.45, 7) is 3.96. The Bertz CT molecular complexity index is 551. The molecule has 0 saturated carbocycles. The SMILES string of the molecule is Cc1cc(Br)ccc1-c1ccc(CNCCCCO)o1. The van der Waals surface area contributed by atoms with Gasteiger partial charge in [-0.25, -0.2) is 0 Å². The minimum absolute atomic E-state index is 0.259. The Morgan fingerprint density at radius 2 is 2.05 bits per heavy atom. The van der Waals surface area contributed by atoms with E-state index in [0.717, 1.165) is 47.5 Å².